The highest BCUT2D eigenvalue weighted by atomic mass is 32.1. The number of fused-ring (bicyclic) bond motifs is 1. The van der Waals surface area contributed by atoms with Crippen LogP contribution in [0.25, 0.3) is 22.3 Å². The number of hydrogen-bond acceptors (Lipinski definition) is 5. The largest absolute Gasteiger partial charge is 0.495 e. The van der Waals surface area contributed by atoms with Gasteiger partial charge in [0.25, 0.3) is 0 Å². The van der Waals surface area contributed by atoms with E-state index in [1.54, 1.807) is 7.11 Å². The fraction of sp³-hybridized carbons (Fsp3) is 0.583. The molecule has 5 nitrogen and oxygen atoms in total. The molecule has 0 bridgehead atoms. The first-order chi connectivity index (χ1) is 14.7. The Morgan fingerprint density at radius 2 is 1.97 bits per heavy atom. The minimum Gasteiger partial charge on any atom is -0.495 e. The first-order valence-corrected chi connectivity index (χ1v) is 12.2. The average Bonchev–Trinajstić information content (AvgIpc) is 3.40. The minimum atomic E-state index is 0.288. The summed E-state index contributed by atoms with van der Waals surface area (Å²) in [5, 5.41) is 2.27. The van der Waals surface area contributed by atoms with Gasteiger partial charge in [0.2, 0.25) is 0 Å². The maximum absolute atomic E-state index is 5.74. The van der Waals surface area contributed by atoms with Crippen molar-refractivity contribution in [3.8, 4) is 17.1 Å². The summed E-state index contributed by atoms with van der Waals surface area (Å²) >= 11 is 1.53. The van der Waals surface area contributed by atoms with E-state index >= 15 is 0 Å². The average molecular weight is 427 g/mol. The van der Waals surface area contributed by atoms with E-state index in [2.05, 4.69) is 54.6 Å². The molecule has 0 saturated heterocycles. The van der Waals surface area contributed by atoms with Crippen LogP contribution in [0.1, 0.15) is 63.9 Å². The molecule has 0 amide bonds. The van der Waals surface area contributed by atoms with Crippen LogP contribution in [0.4, 0.5) is 0 Å². The summed E-state index contributed by atoms with van der Waals surface area (Å²) < 4.78 is 12.9. The summed E-state index contributed by atoms with van der Waals surface area (Å²) in [6, 6.07) is 6.60. The third kappa shape index (κ3) is 4.12. The Morgan fingerprint density at radius 1 is 1.20 bits per heavy atom. The van der Waals surface area contributed by atoms with E-state index in [0.717, 1.165) is 47.7 Å². The summed E-state index contributed by atoms with van der Waals surface area (Å²) in [5.41, 5.74) is 2.29. The second kappa shape index (κ2) is 9.48. The molecule has 162 valence electrons. The maximum atomic E-state index is 5.74. The molecule has 30 heavy (non-hydrogen) atoms. The van der Waals surface area contributed by atoms with Gasteiger partial charge in [0.15, 0.2) is 5.82 Å². The Labute approximate surface area is 184 Å². The van der Waals surface area contributed by atoms with Crippen LogP contribution in [-0.4, -0.2) is 39.0 Å². The maximum Gasteiger partial charge on any atom is 0.175 e. The van der Waals surface area contributed by atoms with Crippen molar-refractivity contribution in [2.45, 2.75) is 65.5 Å². The van der Waals surface area contributed by atoms with Crippen molar-refractivity contribution in [1.29, 1.82) is 0 Å². The van der Waals surface area contributed by atoms with Crippen molar-refractivity contribution in [3.05, 3.63) is 29.4 Å². The number of aromatic nitrogens is 3. The van der Waals surface area contributed by atoms with Gasteiger partial charge in [-0.2, -0.15) is 4.37 Å². The number of methoxy groups -OCH3 is 1. The minimum absolute atomic E-state index is 0.288. The third-order valence-corrected chi connectivity index (χ3v) is 7.54. The van der Waals surface area contributed by atoms with Crippen LogP contribution < -0.4 is 4.74 Å². The number of para-hydroxylation sites is 1. The molecule has 1 fully saturated rings. The molecule has 1 unspecified atom stereocenters. The molecule has 1 aliphatic carbocycles. The van der Waals surface area contributed by atoms with Crippen LogP contribution in [0.2, 0.25) is 0 Å². The molecular formula is C24H34N4OS. The fourth-order valence-electron chi connectivity index (χ4n) is 4.90. The zero-order chi connectivity index (χ0) is 21.1. The van der Waals surface area contributed by atoms with Gasteiger partial charge in [0.1, 0.15) is 10.8 Å². The zero-order valence-corrected chi connectivity index (χ0v) is 19.5. The fourth-order valence-corrected chi connectivity index (χ4v) is 5.65. The second-order valence-electron chi connectivity index (χ2n) is 8.41. The van der Waals surface area contributed by atoms with Crippen LogP contribution in [0.3, 0.4) is 0 Å². The van der Waals surface area contributed by atoms with Crippen molar-refractivity contribution >= 4 is 22.4 Å². The summed E-state index contributed by atoms with van der Waals surface area (Å²) in [5.74, 6) is 2.52. The Kier molecular flexibility index (Phi) is 6.74. The Hall–Kier alpha value is -1.92. The predicted molar refractivity (Wildman–Crippen MR) is 125 cm³/mol. The van der Waals surface area contributed by atoms with E-state index in [-0.39, 0.29) is 6.04 Å². The molecule has 0 radical (unpaired) electrons. The topological polar surface area (TPSA) is 43.2 Å². The zero-order valence-electron chi connectivity index (χ0n) is 18.7. The SMILES string of the molecule is CCN(CC)C(C)c1nc(-c2cn(CC3CCCCC3)c3c(OC)cccc23)ns1. The third-order valence-electron chi connectivity index (χ3n) is 6.66. The molecule has 1 aromatic carbocycles. The Balaban J connectivity index is 1.73. The molecule has 3 aromatic rings. The van der Waals surface area contributed by atoms with E-state index in [1.807, 2.05) is 0 Å². The van der Waals surface area contributed by atoms with Crippen molar-refractivity contribution in [3.63, 3.8) is 0 Å². The van der Waals surface area contributed by atoms with Gasteiger partial charge in [-0.05, 0) is 56.4 Å². The molecule has 1 aliphatic rings. The first-order valence-electron chi connectivity index (χ1n) is 11.4. The smallest absolute Gasteiger partial charge is 0.175 e. The lowest BCUT2D eigenvalue weighted by atomic mass is 9.89. The second-order valence-corrected chi connectivity index (χ2v) is 9.19. The molecule has 1 atom stereocenters. The number of ether oxygens (including phenoxy) is 1. The molecule has 2 heterocycles. The first kappa shape index (κ1) is 21.3. The van der Waals surface area contributed by atoms with Crippen LogP contribution in [0.5, 0.6) is 5.75 Å². The van der Waals surface area contributed by atoms with E-state index < -0.39 is 0 Å². The van der Waals surface area contributed by atoms with Crippen LogP contribution in [0, 0.1) is 5.92 Å². The van der Waals surface area contributed by atoms with E-state index in [9.17, 15) is 0 Å². The number of benzene rings is 1. The molecular weight excluding hydrogens is 392 g/mol. The number of rotatable bonds is 8. The Bertz CT molecular complexity index is 969. The standard InChI is InChI=1S/C24H34N4OS/c1-5-27(6-2)17(3)24-25-23(26-30-24)20-16-28(15-18-11-8-7-9-12-18)22-19(20)13-10-14-21(22)29-4/h10,13-14,16-18H,5-9,11-12,15H2,1-4H3. The van der Waals surface area contributed by atoms with Gasteiger partial charge in [-0.25, -0.2) is 4.98 Å². The van der Waals surface area contributed by atoms with E-state index in [1.165, 1.54) is 54.5 Å². The summed E-state index contributed by atoms with van der Waals surface area (Å²) in [7, 11) is 1.76. The van der Waals surface area contributed by atoms with Gasteiger partial charge in [0.05, 0.1) is 18.7 Å². The van der Waals surface area contributed by atoms with E-state index in [4.69, 9.17) is 14.1 Å². The highest BCUT2D eigenvalue weighted by molar-refractivity contribution is 7.05. The number of hydrogen-bond donors (Lipinski definition) is 0. The van der Waals surface area contributed by atoms with Crippen molar-refractivity contribution in [1.82, 2.24) is 18.8 Å². The van der Waals surface area contributed by atoms with Gasteiger partial charge in [-0.1, -0.05) is 45.2 Å². The molecule has 2 aromatic heterocycles. The van der Waals surface area contributed by atoms with Crippen molar-refractivity contribution < 1.29 is 4.74 Å². The van der Waals surface area contributed by atoms with Gasteiger partial charge >= 0.3 is 0 Å². The quantitative estimate of drug-likeness (QED) is 0.433. The molecule has 0 N–H and O–H groups in total. The summed E-state index contributed by atoms with van der Waals surface area (Å²) in [6.45, 7) is 9.71. The van der Waals surface area contributed by atoms with Crippen LogP contribution in [0.15, 0.2) is 24.4 Å². The summed E-state index contributed by atoms with van der Waals surface area (Å²) in [4.78, 5) is 7.39. The lowest BCUT2D eigenvalue weighted by Gasteiger charge is -2.23. The summed E-state index contributed by atoms with van der Waals surface area (Å²) in [6.07, 6.45) is 9.00. The molecule has 4 rings (SSSR count). The van der Waals surface area contributed by atoms with Crippen molar-refractivity contribution in [2.24, 2.45) is 5.92 Å². The highest BCUT2D eigenvalue weighted by Crippen LogP contribution is 2.37. The lowest BCUT2D eigenvalue weighted by molar-refractivity contribution is 0.234. The van der Waals surface area contributed by atoms with Gasteiger partial charge < -0.3 is 9.30 Å². The van der Waals surface area contributed by atoms with Crippen LogP contribution >= 0.6 is 11.5 Å². The molecule has 1 saturated carbocycles. The highest BCUT2D eigenvalue weighted by Gasteiger charge is 2.22. The lowest BCUT2D eigenvalue weighted by Crippen LogP contribution is -2.26. The number of nitrogens with zero attached hydrogens (tertiary/aromatic N) is 4. The predicted octanol–water partition coefficient (Wildman–Crippen LogP) is 6.15. The van der Waals surface area contributed by atoms with E-state index in [0.29, 0.717) is 0 Å². The molecule has 0 spiro atoms. The van der Waals surface area contributed by atoms with Gasteiger partial charge in [-0.3, -0.25) is 4.90 Å². The van der Waals surface area contributed by atoms with Crippen LogP contribution in [-0.2, 0) is 6.54 Å². The van der Waals surface area contributed by atoms with Gasteiger partial charge in [0, 0.05) is 23.7 Å². The molecule has 0 aliphatic heterocycles. The van der Waals surface area contributed by atoms with Gasteiger partial charge in [-0.15, -0.1) is 0 Å². The monoisotopic (exact) mass is 426 g/mol. The van der Waals surface area contributed by atoms with Crippen molar-refractivity contribution in [2.75, 3.05) is 20.2 Å². The molecule has 6 heteroatoms. The Morgan fingerprint density at radius 3 is 2.67 bits per heavy atom. The normalized spacial score (nSPS) is 16.4.